The van der Waals surface area contributed by atoms with Gasteiger partial charge >= 0.3 is 5.97 Å². The third kappa shape index (κ3) is 7.89. The zero-order valence-corrected chi connectivity index (χ0v) is 19.6. The quantitative estimate of drug-likeness (QED) is 0.385. The van der Waals surface area contributed by atoms with Gasteiger partial charge in [-0.3, -0.25) is 9.78 Å². The highest BCUT2D eigenvalue weighted by molar-refractivity contribution is 5.91. The SMILES string of the molecule is COc1ccc(CC(NC(=O)/C=C/Cc2ccc(OCc3cccnc3)cc2)C(=O)O)cc1OC. The van der Waals surface area contributed by atoms with Crippen molar-refractivity contribution in [3.05, 3.63) is 95.8 Å². The van der Waals surface area contributed by atoms with Gasteiger partial charge in [-0.25, -0.2) is 4.79 Å². The molecule has 1 amide bonds. The Morgan fingerprint density at radius 1 is 1.00 bits per heavy atom. The maximum Gasteiger partial charge on any atom is 0.326 e. The fraction of sp³-hybridized carbons (Fsp3) is 0.222. The first-order chi connectivity index (χ1) is 17.0. The predicted molar refractivity (Wildman–Crippen MR) is 131 cm³/mol. The minimum absolute atomic E-state index is 0.107. The van der Waals surface area contributed by atoms with Crippen molar-refractivity contribution in [2.75, 3.05) is 14.2 Å². The van der Waals surface area contributed by atoms with Crippen molar-refractivity contribution in [3.63, 3.8) is 0 Å². The van der Waals surface area contributed by atoms with Crippen molar-refractivity contribution in [2.45, 2.75) is 25.5 Å². The summed E-state index contributed by atoms with van der Waals surface area (Å²) in [4.78, 5) is 28.0. The van der Waals surface area contributed by atoms with Gasteiger partial charge in [0, 0.05) is 24.4 Å². The largest absolute Gasteiger partial charge is 0.493 e. The van der Waals surface area contributed by atoms with Crippen molar-refractivity contribution in [1.29, 1.82) is 0 Å². The smallest absolute Gasteiger partial charge is 0.326 e. The Morgan fingerprint density at radius 3 is 2.40 bits per heavy atom. The highest BCUT2D eigenvalue weighted by Gasteiger charge is 2.20. The Labute approximate surface area is 204 Å². The number of carbonyl (C=O) groups is 2. The topological polar surface area (TPSA) is 107 Å². The highest BCUT2D eigenvalue weighted by Crippen LogP contribution is 2.28. The Morgan fingerprint density at radius 2 is 1.74 bits per heavy atom. The molecule has 0 spiro atoms. The van der Waals surface area contributed by atoms with E-state index in [1.54, 1.807) is 36.7 Å². The number of aliphatic carboxylic acids is 1. The Bertz CT molecular complexity index is 1150. The summed E-state index contributed by atoms with van der Waals surface area (Å²) in [6.07, 6.45) is 7.13. The molecule has 0 aliphatic carbocycles. The van der Waals surface area contributed by atoms with E-state index in [1.807, 2.05) is 36.4 Å². The first-order valence-electron chi connectivity index (χ1n) is 11.0. The van der Waals surface area contributed by atoms with E-state index in [2.05, 4.69) is 10.3 Å². The standard InChI is InChI=1S/C27H28N2O6/c1-33-24-13-10-20(16-25(24)34-2)15-23(27(31)32)29-26(30)7-3-5-19-8-11-22(12-9-19)35-18-21-6-4-14-28-17-21/h3-4,6-14,16-17,23H,5,15,18H2,1-2H3,(H,29,30)(H,31,32)/b7-3+. The van der Waals surface area contributed by atoms with Crippen LogP contribution >= 0.6 is 0 Å². The van der Waals surface area contributed by atoms with E-state index in [4.69, 9.17) is 14.2 Å². The average Bonchev–Trinajstić information content (AvgIpc) is 2.88. The van der Waals surface area contributed by atoms with Crippen LogP contribution in [0.4, 0.5) is 0 Å². The normalized spacial score (nSPS) is 11.6. The van der Waals surface area contributed by atoms with E-state index >= 15 is 0 Å². The molecule has 3 aromatic rings. The molecular weight excluding hydrogens is 448 g/mol. The molecule has 0 saturated heterocycles. The van der Waals surface area contributed by atoms with Crippen LogP contribution in [0.1, 0.15) is 16.7 Å². The highest BCUT2D eigenvalue weighted by atomic mass is 16.5. The lowest BCUT2D eigenvalue weighted by molar-refractivity contribution is -0.141. The molecule has 2 N–H and O–H groups in total. The molecule has 0 bridgehead atoms. The molecule has 0 fully saturated rings. The Balaban J connectivity index is 1.50. The summed E-state index contributed by atoms with van der Waals surface area (Å²) < 4.78 is 16.2. The van der Waals surface area contributed by atoms with E-state index in [-0.39, 0.29) is 6.42 Å². The van der Waals surface area contributed by atoms with Crippen molar-refractivity contribution in [1.82, 2.24) is 10.3 Å². The van der Waals surface area contributed by atoms with E-state index < -0.39 is 17.9 Å². The van der Waals surface area contributed by atoms with E-state index in [0.717, 1.165) is 16.9 Å². The fourth-order valence-electron chi connectivity index (χ4n) is 3.34. The summed E-state index contributed by atoms with van der Waals surface area (Å²) in [7, 11) is 3.03. The fourth-order valence-corrected chi connectivity index (χ4v) is 3.34. The number of ether oxygens (including phenoxy) is 3. The molecular formula is C27H28N2O6. The molecule has 0 saturated carbocycles. The van der Waals surface area contributed by atoms with Gasteiger partial charge < -0.3 is 24.6 Å². The van der Waals surface area contributed by atoms with Crippen molar-refractivity contribution < 1.29 is 28.9 Å². The van der Waals surface area contributed by atoms with Gasteiger partial charge in [-0.05, 0) is 54.0 Å². The predicted octanol–water partition coefficient (Wildman–Crippen LogP) is 3.59. The number of hydrogen-bond acceptors (Lipinski definition) is 6. The van der Waals surface area contributed by atoms with Crippen LogP contribution in [0.2, 0.25) is 0 Å². The van der Waals surface area contributed by atoms with Crippen LogP contribution in [0.5, 0.6) is 17.2 Å². The van der Waals surface area contributed by atoms with Gasteiger partial charge in [-0.15, -0.1) is 0 Å². The maximum atomic E-state index is 12.3. The number of rotatable bonds is 12. The second-order valence-electron chi connectivity index (χ2n) is 7.69. The number of carboxylic acids is 1. The van der Waals surface area contributed by atoms with Crippen LogP contribution < -0.4 is 19.5 Å². The lowest BCUT2D eigenvalue weighted by Crippen LogP contribution is -2.41. The summed E-state index contributed by atoms with van der Waals surface area (Å²) in [5.41, 5.74) is 2.67. The lowest BCUT2D eigenvalue weighted by atomic mass is 10.0. The van der Waals surface area contributed by atoms with Gasteiger partial charge in [0.05, 0.1) is 14.2 Å². The second kappa shape index (κ2) is 12.8. The third-order valence-electron chi connectivity index (χ3n) is 5.18. The van der Waals surface area contributed by atoms with Crippen LogP contribution in [0.15, 0.2) is 79.1 Å². The molecule has 1 heterocycles. The second-order valence-corrected chi connectivity index (χ2v) is 7.69. The van der Waals surface area contributed by atoms with Crippen molar-refractivity contribution >= 4 is 11.9 Å². The number of carboxylic acid groups (broad SMARTS) is 1. The lowest BCUT2D eigenvalue weighted by Gasteiger charge is -2.15. The van der Waals surface area contributed by atoms with Crippen LogP contribution in [0.3, 0.4) is 0 Å². The first kappa shape index (κ1) is 25.3. The van der Waals surface area contributed by atoms with Crippen molar-refractivity contribution in [3.8, 4) is 17.2 Å². The molecule has 182 valence electrons. The van der Waals surface area contributed by atoms with Gasteiger partial charge in [0.15, 0.2) is 11.5 Å². The number of hydrogen-bond donors (Lipinski definition) is 2. The summed E-state index contributed by atoms with van der Waals surface area (Å²) >= 11 is 0. The van der Waals surface area contributed by atoms with Gasteiger partial charge in [0.25, 0.3) is 0 Å². The summed E-state index contributed by atoms with van der Waals surface area (Å²) in [6.45, 7) is 0.432. The van der Waals surface area contributed by atoms with Crippen LogP contribution in [-0.2, 0) is 29.0 Å². The molecule has 0 aliphatic rings. The Kier molecular flexibility index (Phi) is 9.24. The zero-order valence-electron chi connectivity index (χ0n) is 19.6. The number of amides is 1. The van der Waals surface area contributed by atoms with E-state index in [1.165, 1.54) is 20.3 Å². The summed E-state index contributed by atoms with van der Waals surface area (Å²) in [5, 5.41) is 12.1. The van der Waals surface area contributed by atoms with Gasteiger partial charge in [0.1, 0.15) is 18.4 Å². The minimum Gasteiger partial charge on any atom is -0.493 e. The number of pyridine rings is 1. The molecule has 1 unspecified atom stereocenters. The molecule has 8 heteroatoms. The number of allylic oxidation sites excluding steroid dienone is 1. The molecule has 1 atom stereocenters. The number of nitrogens with zero attached hydrogens (tertiary/aromatic N) is 1. The summed E-state index contributed by atoms with van der Waals surface area (Å²) in [5.74, 6) is 0.175. The van der Waals surface area contributed by atoms with E-state index in [0.29, 0.717) is 30.1 Å². The number of aromatic nitrogens is 1. The molecule has 3 rings (SSSR count). The molecule has 35 heavy (non-hydrogen) atoms. The number of benzene rings is 2. The van der Waals surface area contributed by atoms with Crippen LogP contribution in [0.25, 0.3) is 0 Å². The number of nitrogens with one attached hydrogen (secondary N) is 1. The van der Waals surface area contributed by atoms with Gasteiger partial charge in [0.2, 0.25) is 5.91 Å². The molecule has 2 aromatic carbocycles. The minimum atomic E-state index is -1.12. The first-order valence-corrected chi connectivity index (χ1v) is 11.0. The van der Waals surface area contributed by atoms with Crippen LogP contribution in [-0.4, -0.2) is 42.2 Å². The molecule has 0 aliphatic heterocycles. The molecule has 1 aromatic heterocycles. The van der Waals surface area contributed by atoms with Crippen molar-refractivity contribution in [2.24, 2.45) is 0 Å². The number of methoxy groups -OCH3 is 2. The monoisotopic (exact) mass is 476 g/mol. The average molecular weight is 477 g/mol. The maximum absolute atomic E-state index is 12.3. The third-order valence-corrected chi connectivity index (χ3v) is 5.18. The van der Waals surface area contributed by atoms with Crippen LogP contribution in [0, 0.1) is 0 Å². The zero-order chi connectivity index (χ0) is 25.0. The Hall–Kier alpha value is -4.33. The molecule has 0 radical (unpaired) electrons. The van der Waals surface area contributed by atoms with Gasteiger partial charge in [-0.2, -0.15) is 0 Å². The van der Waals surface area contributed by atoms with Gasteiger partial charge in [-0.1, -0.05) is 30.3 Å². The number of carbonyl (C=O) groups excluding carboxylic acids is 1. The summed E-state index contributed by atoms with van der Waals surface area (Å²) in [6, 6.07) is 15.4. The van der Waals surface area contributed by atoms with E-state index in [9.17, 15) is 14.7 Å². The molecule has 8 nitrogen and oxygen atoms in total.